The molecule has 0 aliphatic rings. The van der Waals surface area contributed by atoms with Crippen molar-refractivity contribution in [2.75, 3.05) is 11.4 Å². The average Bonchev–Trinajstić information content (AvgIpc) is 2.34. The van der Waals surface area contributed by atoms with E-state index in [-0.39, 0.29) is 6.61 Å². The molecule has 0 unspecified atom stereocenters. The fourth-order valence-electron chi connectivity index (χ4n) is 2.01. The normalized spacial score (nSPS) is 11.3. The van der Waals surface area contributed by atoms with Crippen molar-refractivity contribution in [3.63, 3.8) is 0 Å². The lowest BCUT2D eigenvalue weighted by molar-refractivity contribution is 0.281. The Balaban J connectivity index is 3.15. The first-order valence-corrected chi connectivity index (χ1v) is 6.87. The van der Waals surface area contributed by atoms with Gasteiger partial charge in [-0.3, -0.25) is 0 Å². The van der Waals surface area contributed by atoms with Crippen molar-refractivity contribution in [1.82, 2.24) is 4.98 Å². The standard InChI is InChI=1S/C15H26N2O/c1-6-7-17(12(4)5)15-9-13(10-18)8-14(16-15)11(2)3/h8-9,11-12,18H,6-7,10H2,1-5H3. The minimum absolute atomic E-state index is 0.0767. The molecule has 1 N–H and O–H groups in total. The first-order chi connectivity index (χ1) is 8.49. The quantitative estimate of drug-likeness (QED) is 0.841. The molecule has 0 aliphatic heterocycles. The Morgan fingerprint density at radius 2 is 1.89 bits per heavy atom. The summed E-state index contributed by atoms with van der Waals surface area (Å²) >= 11 is 0. The minimum atomic E-state index is 0.0767. The molecule has 0 radical (unpaired) electrons. The van der Waals surface area contributed by atoms with Gasteiger partial charge in [-0.05, 0) is 43.9 Å². The molecule has 0 saturated carbocycles. The lowest BCUT2D eigenvalue weighted by Crippen LogP contribution is -2.32. The summed E-state index contributed by atoms with van der Waals surface area (Å²) in [6.07, 6.45) is 1.10. The van der Waals surface area contributed by atoms with E-state index in [0.717, 1.165) is 30.0 Å². The van der Waals surface area contributed by atoms with Crippen LogP contribution in [0.5, 0.6) is 0 Å². The minimum Gasteiger partial charge on any atom is -0.392 e. The van der Waals surface area contributed by atoms with E-state index in [1.54, 1.807) is 0 Å². The third kappa shape index (κ3) is 3.70. The van der Waals surface area contributed by atoms with E-state index >= 15 is 0 Å². The Hall–Kier alpha value is -1.09. The summed E-state index contributed by atoms with van der Waals surface area (Å²) in [7, 11) is 0. The van der Waals surface area contributed by atoms with Crippen LogP contribution in [0.15, 0.2) is 12.1 Å². The highest BCUT2D eigenvalue weighted by Gasteiger charge is 2.14. The van der Waals surface area contributed by atoms with Crippen LogP contribution in [0.1, 0.15) is 58.2 Å². The fraction of sp³-hybridized carbons (Fsp3) is 0.667. The second kappa shape index (κ2) is 6.74. The topological polar surface area (TPSA) is 36.4 Å². The molecular weight excluding hydrogens is 224 g/mol. The summed E-state index contributed by atoms with van der Waals surface area (Å²) < 4.78 is 0. The zero-order valence-corrected chi connectivity index (χ0v) is 12.3. The highest BCUT2D eigenvalue weighted by atomic mass is 16.3. The van der Waals surface area contributed by atoms with Crippen molar-refractivity contribution in [2.24, 2.45) is 0 Å². The van der Waals surface area contributed by atoms with Gasteiger partial charge in [0.15, 0.2) is 0 Å². The van der Waals surface area contributed by atoms with Gasteiger partial charge in [0.1, 0.15) is 5.82 Å². The van der Waals surface area contributed by atoms with Crippen LogP contribution in [0.3, 0.4) is 0 Å². The van der Waals surface area contributed by atoms with Crippen molar-refractivity contribution in [3.8, 4) is 0 Å². The van der Waals surface area contributed by atoms with Crippen LogP contribution in [0.4, 0.5) is 5.82 Å². The molecule has 0 saturated heterocycles. The summed E-state index contributed by atoms with van der Waals surface area (Å²) in [6, 6.07) is 4.42. The van der Waals surface area contributed by atoms with Crippen LogP contribution in [0.25, 0.3) is 0 Å². The molecule has 3 heteroatoms. The van der Waals surface area contributed by atoms with E-state index in [9.17, 15) is 5.11 Å². The van der Waals surface area contributed by atoms with Gasteiger partial charge in [-0.15, -0.1) is 0 Å². The van der Waals surface area contributed by atoms with Crippen LogP contribution >= 0.6 is 0 Å². The van der Waals surface area contributed by atoms with Crippen molar-refractivity contribution >= 4 is 5.82 Å². The van der Waals surface area contributed by atoms with Gasteiger partial charge in [0.2, 0.25) is 0 Å². The Morgan fingerprint density at radius 3 is 2.33 bits per heavy atom. The molecule has 1 aromatic rings. The van der Waals surface area contributed by atoms with Crippen LogP contribution in [-0.2, 0) is 6.61 Å². The maximum atomic E-state index is 9.37. The molecule has 0 spiro atoms. The summed E-state index contributed by atoms with van der Waals surface area (Å²) in [4.78, 5) is 7.03. The molecule has 0 bridgehead atoms. The molecule has 0 amide bonds. The fourth-order valence-corrected chi connectivity index (χ4v) is 2.01. The monoisotopic (exact) mass is 250 g/mol. The lowest BCUT2D eigenvalue weighted by atomic mass is 10.1. The van der Waals surface area contributed by atoms with Gasteiger partial charge in [-0.1, -0.05) is 20.8 Å². The van der Waals surface area contributed by atoms with E-state index < -0.39 is 0 Å². The van der Waals surface area contributed by atoms with Gasteiger partial charge in [-0.25, -0.2) is 4.98 Å². The number of hydrogen-bond acceptors (Lipinski definition) is 3. The predicted molar refractivity (Wildman–Crippen MR) is 77.0 cm³/mol. The van der Waals surface area contributed by atoms with Gasteiger partial charge < -0.3 is 10.0 Å². The van der Waals surface area contributed by atoms with Crippen molar-refractivity contribution in [3.05, 3.63) is 23.4 Å². The smallest absolute Gasteiger partial charge is 0.129 e. The van der Waals surface area contributed by atoms with E-state index in [0.29, 0.717) is 12.0 Å². The van der Waals surface area contributed by atoms with Crippen LogP contribution in [0.2, 0.25) is 0 Å². The molecule has 1 aromatic heterocycles. The largest absolute Gasteiger partial charge is 0.392 e. The number of anilines is 1. The summed E-state index contributed by atoms with van der Waals surface area (Å²) in [6.45, 7) is 11.9. The SMILES string of the molecule is CCCN(c1cc(CO)cc(C(C)C)n1)C(C)C. The molecule has 1 heterocycles. The summed E-state index contributed by atoms with van der Waals surface area (Å²) in [5.41, 5.74) is 2.00. The molecule has 1 rings (SSSR count). The Bertz CT molecular complexity index is 375. The Kier molecular flexibility index (Phi) is 5.60. The number of aromatic nitrogens is 1. The van der Waals surface area contributed by atoms with Gasteiger partial charge in [0, 0.05) is 18.3 Å². The number of hydrogen-bond donors (Lipinski definition) is 1. The lowest BCUT2D eigenvalue weighted by Gasteiger charge is -2.28. The van der Waals surface area contributed by atoms with Crippen molar-refractivity contribution in [2.45, 2.75) is 59.6 Å². The molecule has 102 valence electrons. The molecular formula is C15H26N2O. The number of pyridine rings is 1. The summed E-state index contributed by atoms with van der Waals surface area (Å²) in [5.74, 6) is 1.37. The Labute approximate surface area is 111 Å². The molecule has 0 atom stereocenters. The van der Waals surface area contributed by atoms with E-state index in [4.69, 9.17) is 4.98 Å². The van der Waals surface area contributed by atoms with E-state index in [1.807, 2.05) is 12.1 Å². The highest BCUT2D eigenvalue weighted by Crippen LogP contribution is 2.22. The van der Waals surface area contributed by atoms with Crippen molar-refractivity contribution in [1.29, 1.82) is 0 Å². The molecule has 0 aliphatic carbocycles. The van der Waals surface area contributed by atoms with Crippen LogP contribution in [-0.4, -0.2) is 22.7 Å². The van der Waals surface area contributed by atoms with Crippen LogP contribution in [0, 0.1) is 0 Å². The highest BCUT2D eigenvalue weighted by molar-refractivity contribution is 5.44. The predicted octanol–water partition coefficient (Wildman–Crippen LogP) is 3.32. The van der Waals surface area contributed by atoms with Gasteiger partial charge >= 0.3 is 0 Å². The van der Waals surface area contributed by atoms with Gasteiger partial charge in [0.25, 0.3) is 0 Å². The van der Waals surface area contributed by atoms with E-state index in [2.05, 4.69) is 39.5 Å². The second-order valence-corrected chi connectivity index (χ2v) is 5.36. The number of aliphatic hydroxyl groups is 1. The summed E-state index contributed by atoms with van der Waals surface area (Å²) in [5, 5.41) is 9.37. The third-order valence-electron chi connectivity index (χ3n) is 3.05. The second-order valence-electron chi connectivity index (χ2n) is 5.36. The number of rotatable bonds is 6. The molecule has 3 nitrogen and oxygen atoms in total. The zero-order valence-electron chi connectivity index (χ0n) is 12.3. The average molecular weight is 250 g/mol. The molecule has 18 heavy (non-hydrogen) atoms. The maximum absolute atomic E-state index is 9.37. The van der Waals surface area contributed by atoms with Gasteiger partial charge in [0.05, 0.1) is 6.61 Å². The van der Waals surface area contributed by atoms with Crippen LogP contribution < -0.4 is 4.90 Å². The van der Waals surface area contributed by atoms with E-state index in [1.165, 1.54) is 0 Å². The first-order valence-electron chi connectivity index (χ1n) is 6.87. The number of aliphatic hydroxyl groups excluding tert-OH is 1. The van der Waals surface area contributed by atoms with Gasteiger partial charge in [-0.2, -0.15) is 0 Å². The van der Waals surface area contributed by atoms with Crippen molar-refractivity contribution < 1.29 is 5.11 Å². The third-order valence-corrected chi connectivity index (χ3v) is 3.05. The number of nitrogens with zero attached hydrogens (tertiary/aromatic N) is 2. The molecule has 0 fully saturated rings. The molecule has 0 aromatic carbocycles. The first kappa shape index (κ1) is 15.0. The maximum Gasteiger partial charge on any atom is 0.129 e. The zero-order chi connectivity index (χ0) is 13.7. The Morgan fingerprint density at radius 1 is 1.22 bits per heavy atom.